The fourth-order valence-electron chi connectivity index (χ4n) is 2.03. The highest BCUT2D eigenvalue weighted by atomic mass is 16.3. The summed E-state index contributed by atoms with van der Waals surface area (Å²) < 4.78 is 5.46. The van der Waals surface area contributed by atoms with Crippen LogP contribution < -0.4 is 5.32 Å². The van der Waals surface area contributed by atoms with Crippen LogP contribution in [0, 0.1) is 0 Å². The molecular weight excluding hydrogens is 198 g/mol. The third-order valence-corrected chi connectivity index (χ3v) is 2.93. The molecule has 1 N–H and O–H groups in total. The van der Waals surface area contributed by atoms with Gasteiger partial charge in [-0.1, -0.05) is 46.0 Å². The van der Waals surface area contributed by atoms with Crippen LogP contribution in [0.1, 0.15) is 64.2 Å². The maximum absolute atomic E-state index is 5.46. The zero-order chi connectivity index (χ0) is 11.6. The van der Waals surface area contributed by atoms with E-state index in [1.165, 1.54) is 38.5 Å². The van der Waals surface area contributed by atoms with Gasteiger partial charge in [0, 0.05) is 0 Å². The Morgan fingerprint density at radius 3 is 2.62 bits per heavy atom. The molecule has 2 nitrogen and oxygen atoms in total. The Morgan fingerprint density at radius 2 is 2.00 bits per heavy atom. The predicted octanol–water partition coefficient (Wildman–Crippen LogP) is 4.29. The van der Waals surface area contributed by atoms with Gasteiger partial charge >= 0.3 is 0 Å². The van der Waals surface area contributed by atoms with E-state index < -0.39 is 0 Å². The highest BCUT2D eigenvalue weighted by Gasteiger charge is 2.11. The molecule has 0 fully saturated rings. The van der Waals surface area contributed by atoms with E-state index in [2.05, 4.69) is 25.2 Å². The van der Waals surface area contributed by atoms with Gasteiger partial charge in [0.2, 0.25) is 0 Å². The van der Waals surface area contributed by atoms with Crippen LogP contribution in [0.2, 0.25) is 0 Å². The molecule has 1 aromatic heterocycles. The Labute approximate surface area is 99.4 Å². The van der Waals surface area contributed by atoms with Gasteiger partial charge in [-0.3, -0.25) is 0 Å². The van der Waals surface area contributed by atoms with Gasteiger partial charge in [0.15, 0.2) is 0 Å². The maximum atomic E-state index is 5.46. The summed E-state index contributed by atoms with van der Waals surface area (Å²) in [5.41, 5.74) is 0. The third-order valence-electron chi connectivity index (χ3n) is 2.93. The summed E-state index contributed by atoms with van der Waals surface area (Å²) in [7, 11) is 0. The van der Waals surface area contributed by atoms with Crippen LogP contribution in [0.5, 0.6) is 0 Å². The molecule has 1 atom stereocenters. The van der Waals surface area contributed by atoms with Crippen molar-refractivity contribution >= 4 is 0 Å². The van der Waals surface area contributed by atoms with E-state index in [4.69, 9.17) is 4.42 Å². The minimum Gasteiger partial charge on any atom is -0.468 e. The van der Waals surface area contributed by atoms with Crippen LogP contribution in [0.4, 0.5) is 0 Å². The molecule has 0 aliphatic carbocycles. The number of furan rings is 1. The Balaban J connectivity index is 2.24. The summed E-state index contributed by atoms with van der Waals surface area (Å²) >= 11 is 0. The molecule has 0 spiro atoms. The summed E-state index contributed by atoms with van der Waals surface area (Å²) in [6.45, 7) is 5.40. The van der Waals surface area contributed by atoms with Crippen LogP contribution in [0.25, 0.3) is 0 Å². The smallest absolute Gasteiger partial charge is 0.120 e. The van der Waals surface area contributed by atoms with Crippen molar-refractivity contribution in [1.29, 1.82) is 0 Å². The van der Waals surface area contributed by atoms with Crippen molar-refractivity contribution in [2.75, 3.05) is 6.54 Å². The lowest BCUT2D eigenvalue weighted by Crippen LogP contribution is -2.20. The molecule has 0 saturated heterocycles. The standard InChI is InChI=1S/C14H25NO/c1-3-5-6-7-8-10-13(15-4-2)14-11-9-12-16-14/h9,11-13,15H,3-8,10H2,1-2H3. The van der Waals surface area contributed by atoms with E-state index in [-0.39, 0.29) is 0 Å². The molecule has 0 aliphatic rings. The Morgan fingerprint density at radius 1 is 1.19 bits per heavy atom. The van der Waals surface area contributed by atoms with E-state index >= 15 is 0 Å². The first kappa shape index (κ1) is 13.3. The quantitative estimate of drug-likeness (QED) is 0.632. The largest absolute Gasteiger partial charge is 0.468 e. The van der Waals surface area contributed by atoms with Crippen LogP contribution in [-0.2, 0) is 0 Å². The van der Waals surface area contributed by atoms with Gasteiger partial charge in [0.05, 0.1) is 12.3 Å². The van der Waals surface area contributed by atoms with Crippen LogP contribution in [0.3, 0.4) is 0 Å². The van der Waals surface area contributed by atoms with Crippen LogP contribution in [-0.4, -0.2) is 6.54 Å². The molecule has 0 aliphatic heterocycles. The molecule has 2 heteroatoms. The zero-order valence-electron chi connectivity index (χ0n) is 10.7. The van der Waals surface area contributed by atoms with Crippen molar-refractivity contribution < 1.29 is 4.42 Å². The van der Waals surface area contributed by atoms with Gasteiger partial charge in [-0.05, 0) is 25.1 Å². The number of hydrogen-bond donors (Lipinski definition) is 1. The fourth-order valence-corrected chi connectivity index (χ4v) is 2.03. The first-order valence-corrected chi connectivity index (χ1v) is 6.65. The molecule has 0 amide bonds. The number of nitrogens with one attached hydrogen (secondary N) is 1. The van der Waals surface area contributed by atoms with Crippen molar-refractivity contribution in [2.24, 2.45) is 0 Å². The first-order chi connectivity index (χ1) is 7.88. The van der Waals surface area contributed by atoms with E-state index in [1.54, 1.807) is 6.26 Å². The van der Waals surface area contributed by atoms with Gasteiger partial charge in [0.25, 0.3) is 0 Å². The van der Waals surface area contributed by atoms with Gasteiger partial charge < -0.3 is 9.73 Å². The predicted molar refractivity (Wildman–Crippen MR) is 68.5 cm³/mol. The molecule has 0 saturated carbocycles. The maximum Gasteiger partial charge on any atom is 0.120 e. The van der Waals surface area contributed by atoms with Crippen molar-refractivity contribution in [3.63, 3.8) is 0 Å². The third kappa shape index (κ3) is 4.84. The van der Waals surface area contributed by atoms with E-state index in [0.29, 0.717) is 6.04 Å². The molecule has 0 aromatic carbocycles. The summed E-state index contributed by atoms with van der Waals surface area (Å²) in [4.78, 5) is 0. The highest BCUT2D eigenvalue weighted by molar-refractivity contribution is 5.04. The Hall–Kier alpha value is -0.760. The highest BCUT2D eigenvalue weighted by Crippen LogP contribution is 2.20. The van der Waals surface area contributed by atoms with E-state index in [9.17, 15) is 0 Å². The minimum absolute atomic E-state index is 0.404. The molecule has 1 heterocycles. The lowest BCUT2D eigenvalue weighted by Gasteiger charge is -2.15. The van der Waals surface area contributed by atoms with Crippen LogP contribution >= 0.6 is 0 Å². The summed E-state index contributed by atoms with van der Waals surface area (Å²) in [6, 6.07) is 4.44. The second kappa shape index (κ2) is 8.40. The average Bonchev–Trinajstić information content (AvgIpc) is 2.81. The molecule has 1 unspecified atom stereocenters. The first-order valence-electron chi connectivity index (χ1n) is 6.65. The summed E-state index contributed by atoms with van der Waals surface area (Å²) in [6.07, 6.45) is 9.63. The lowest BCUT2D eigenvalue weighted by molar-refractivity contribution is 0.389. The van der Waals surface area contributed by atoms with Crippen molar-refractivity contribution in [2.45, 2.75) is 58.4 Å². The SMILES string of the molecule is CCCCCCCC(NCC)c1ccco1. The average molecular weight is 223 g/mol. The van der Waals surface area contributed by atoms with Gasteiger partial charge in [-0.2, -0.15) is 0 Å². The zero-order valence-corrected chi connectivity index (χ0v) is 10.7. The minimum atomic E-state index is 0.404. The second-order valence-electron chi connectivity index (χ2n) is 4.33. The second-order valence-corrected chi connectivity index (χ2v) is 4.33. The molecule has 16 heavy (non-hydrogen) atoms. The molecule has 1 aromatic rings. The van der Waals surface area contributed by atoms with Crippen molar-refractivity contribution in [3.8, 4) is 0 Å². The monoisotopic (exact) mass is 223 g/mol. The van der Waals surface area contributed by atoms with Crippen molar-refractivity contribution in [3.05, 3.63) is 24.2 Å². The van der Waals surface area contributed by atoms with Crippen LogP contribution in [0.15, 0.2) is 22.8 Å². The van der Waals surface area contributed by atoms with Gasteiger partial charge in [-0.15, -0.1) is 0 Å². The topological polar surface area (TPSA) is 25.2 Å². The molecule has 92 valence electrons. The fraction of sp³-hybridized carbons (Fsp3) is 0.714. The van der Waals surface area contributed by atoms with Crippen molar-refractivity contribution in [1.82, 2.24) is 5.32 Å². The number of rotatable bonds is 9. The van der Waals surface area contributed by atoms with E-state index in [1.807, 2.05) is 6.07 Å². The Kier molecular flexibility index (Phi) is 6.98. The summed E-state index contributed by atoms with van der Waals surface area (Å²) in [5.74, 6) is 1.08. The molecular formula is C14H25NO. The molecule has 0 radical (unpaired) electrons. The number of hydrogen-bond acceptors (Lipinski definition) is 2. The lowest BCUT2D eigenvalue weighted by atomic mass is 10.0. The Bertz CT molecular complexity index is 243. The summed E-state index contributed by atoms with van der Waals surface area (Å²) in [5, 5.41) is 3.48. The van der Waals surface area contributed by atoms with E-state index in [0.717, 1.165) is 12.3 Å². The van der Waals surface area contributed by atoms with Gasteiger partial charge in [-0.25, -0.2) is 0 Å². The molecule has 0 bridgehead atoms. The number of unbranched alkanes of at least 4 members (excludes halogenated alkanes) is 4. The van der Waals surface area contributed by atoms with Gasteiger partial charge in [0.1, 0.15) is 5.76 Å². The molecule has 1 rings (SSSR count). The normalized spacial score (nSPS) is 12.9.